The summed E-state index contributed by atoms with van der Waals surface area (Å²) in [6, 6.07) is 3.79. The van der Waals surface area contributed by atoms with E-state index in [4.69, 9.17) is 9.47 Å². The largest absolute Gasteiger partial charge is 0.495 e. The first kappa shape index (κ1) is 10.5. The minimum atomic E-state index is 0.0506. The molecule has 2 aromatic heterocycles. The molecular formula is C12H15N3O2. The lowest BCUT2D eigenvalue weighted by Crippen LogP contribution is -2.12. The minimum absolute atomic E-state index is 0.0506. The smallest absolute Gasteiger partial charge is 0.180 e. The summed E-state index contributed by atoms with van der Waals surface area (Å²) in [4.78, 5) is 4.48. The van der Waals surface area contributed by atoms with E-state index in [-0.39, 0.29) is 6.10 Å². The zero-order valence-corrected chi connectivity index (χ0v) is 9.80. The van der Waals surface area contributed by atoms with Crippen LogP contribution in [0, 0.1) is 0 Å². The molecule has 17 heavy (non-hydrogen) atoms. The molecule has 90 valence electrons. The van der Waals surface area contributed by atoms with Crippen LogP contribution < -0.4 is 4.74 Å². The third-order valence-corrected chi connectivity index (χ3v) is 3.02. The van der Waals surface area contributed by atoms with Gasteiger partial charge in [0.05, 0.1) is 13.3 Å². The highest BCUT2D eigenvalue weighted by atomic mass is 16.5. The van der Waals surface area contributed by atoms with Crippen LogP contribution >= 0.6 is 0 Å². The van der Waals surface area contributed by atoms with Gasteiger partial charge < -0.3 is 9.47 Å². The van der Waals surface area contributed by atoms with Gasteiger partial charge in [-0.2, -0.15) is 0 Å². The highest BCUT2D eigenvalue weighted by Crippen LogP contribution is 2.26. The Hall–Kier alpha value is -1.62. The van der Waals surface area contributed by atoms with Crippen molar-refractivity contribution in [3.63, 3.8) is 0 Å². The number of hydrogen-bond acceptors (Lipinski definition) is 4. The summed E-state index contributed by atoms with van der Waals surface area (Å²) in [6.07, 6.45) is 5.21. The number of nitrogens with zero attached hydrogens (tertiary/aromatic N) is 3. The molecule has 0 spiro atoms. The summed E-state index contributed by atoms with van der Waals surface area (Å²) in [5, 5.41) is 4.45. The van der Waals surface area contributed by atoms with Crippen molar-refractivity contribution in [3.05, 3.63) is 24.2 Å². The summed E-state index contributed by atoms with van der Waals surface area (Å²) in [6.45, 7) is 0.809. The Morgan fingerprint density at radius 1 is 1.41 bits per heavy atom. The molecule has 0 radical (unpaired) electrons. The Morgan fingerprint density at radius 2 is 2.35 bits per heavy atom. The van der Waals surface area contributed by atoms with Crippen molar-refractivity contribution in [3.8, 4) is 5.75 Å². The third-order valence-electron chi connectivity index (χ3n) is 3.02. The van der Waals surface area contributed by atoms with E-state index < -0.39 is 0 Å². The molecule has 0 bridgehead atoms. The average molecular weight is 233 g/mol. The normalized spacial score (nSPS) is 20.6. The molecule has 1 saturated heterocycles. The van der Waals surface area contributed by atoms with Crippen LogP contribution in [0.15, 0.2) is 18.3 Å². The Morgan fingerprint density at radius 3 is 3.12 bits per heavy atom. The van der Waals surface area contributed by atoms with Crippen LogP contribution in [0.4, 0.5) is 0 Å². The van der Waals surface area contributed by atoms with Crippen molar-refractivity contribution in [2.75, 3.05) is 13.7 Å². The number of ether oxygens (including phenoxy) is 2. The molecule has 5 nitrogen and oxygen atoms in total. The van der Waals surface area contributed by atoms with E-state index >= 15 is 0 Å². The van der Waals surface area contributed by atoms with Crippen molar-refractivity contribution >= 4 is 5.65 Å². The number of hydrogen-bond donors (Lipinski definition) is 0. The van der Waals surface area contributed by atoms with Crippen molar-refractivity contribution in [1.29, 1.82) is 0 Å². The van der Waals surface area contributed by atoms with Gasteiger partial charge >= 0.3 is 0 Å². The Balaban J connectivity index is 1.95. The van der Waals surface area contributed by atoms with E-state index in [1.54, 1.807) is 11.6 Å². The van der Waals surface area contributed by atoms with Crippen molar-refractivity contribution in [2.24, 2.45) is 0 Å². The van der Waals surface area contributed by atoms with E-state index in [0.29, 0.717) is 0 Å². The summed E-state index contributed by atoms with van der Waals surface area (Å²) in [5.74, 6) is 1.55. The minimum Gasteiger partial charge on any atom is -0.495 e. The van der Waals surface area contributed by atoms with Crippen molar-refractivity contribution in [2.45, 2.75) is 25.4 Å². The topological polar surface area (TPSA) is 48.7 Å². The average Bonchev–Trinajstić information content (AvgIpc) is 2.82. The van der Waals surface area contributed by atoms with Gasteiger partial charge in [-0.1, -0.05) is 0 Å². The van der Waals surface area contributed by atoms with Gasteiger partial charge in [0.25, 0.3) is 0 Å². The van der Waals surface area contributed by atoms with Crippen molar-refractivity contribution < 1.29 is 9.47 Å². The Bertz CT molecular complexity index is 517. The second-order valence-corrected chi connectivity index (χ2v) is 4.20. The molecule has 0 amide bonds. The second-order valence-electron chi connectivity index (χ2n) is 4.20. The van der Waals surface area contributed by atoms with Crippen LogP contribution in [-0.4, -0.2) is 28.3 Å². The molecule has 1 aliphatic rings. The van der Waals surface area contributed by atoms with Crippen molar-refractivity contribution in [1.82, 2.24) is 14.6 Å². The fraction of sp³-hybridized carbons (Fsp3) is 0.500. The number of pyridine rings is 1. The van der Waals surface area contributed by atoms with Gasteiger partial charge in [-0.15, -0.1) is 5.10 Å². The monoisotopic (exact) mass is 233 g/mol. The van der Waals surface area contributed by atoms with Gasteiger partial charge in [0.2, 0.25) is 0 Å². The van der Waals surface area contributed by atoms with Gasteiger partial charge in [-0.05, 0) is 31.4 Å². The molecule has 0 aromatic carbocycles. The standard InChI is InChI=1S/C12H15N3O2/c1-16-9-5-6-11-13-12(14-15(11)8-9)10-4-2-3-7-17-10/h5-6,8,10H,2-4,7H2,1H3. The van der Waals surface area contributed by atoms with E-state index in [0.717, 1.165) is 36.7 Å². The predicted molar refractivity (Wildman–Crippen MR) is 62.1 cm³/mol. The summed E-state index contributed by atoms with van der Waals surface area (Å²) in [7, 11) is 1.64. The highest BCUT2D eigenvalue weighted by molar-refractivity contribution is 5.40. The predicted octanol–water partition coefficient (Wildman–Crippen LogP) is 1.98. The zero-order valence-electron chi connectivity index (χ0n) is 9.80. The first-order chi connectivity index (χ1) is 8.36. The van der Waals surface area contributed by atoms with Crippen LogP contribution in [0.5, 0.6) is 5.75 Å². The van der Waals surface area contributed by atoms with Crippen LogP contribution in [0.3, 0.4) is 0 Å². The fourth-order valence-electron chi connectivity index (χ4n) is 2.08. The van der Waals surface area contributed by atoms with Gasteiger partial charge in [0, 0.05) is 6.61 Å². The number of methoxy groups -OCH3 is 1. The number of rotatable bonds is 2. The van der Waals surface area contributed by atoms with Gasteiger partial charge in [0.1, 0.15) is 11.9 Å². The molecule has 1 atom stereocenters. The molecule has 1 fully saturated rings. The maximum Gasteiger partial charge on any atom is 0.180 e. The molecule has 2 aromatic rings. The van der Waals surface area contributed by atoms with Crippen LogP contribution in [0.2, 0.25) is 0 Å². The molecule has 3 heterocycles. The highest BCUT2D eigenvalue weighted by Gasteiger charge is 2.20. The third kappa shape index (κ3) is 1.98. The Kier molecular flexibility index (Phi) is 2.68. The maximum atomic E-state index is 5.68. The molecule has 5 heteroatoms. The fourth-order valence-corrected chi connectivity index (χ4v) is 2.08. The zero-order chi connectivity index (χ0) is 11.7. The van der Waals surface area contributed by atoms with Crippen LogP contribution in [-0.2, 0) is 4.74 Å². The summed E-state index contributed by atoms with van der Waals surface area (Å²) in [5.41, 5.74) is 0.829. The Labute approximate surface area is 99.4 Å². The van der Waals surface area contributed by atoms with E-state index in [1.807, 2.05) is 18.3 Å². The lowest BCUT2D eigenvalue weighted by Gasteiger charge is -2.19. The number of fused-ring (bicyclic) bond motifs is 1. The molecule has 0 saturated carbocycles. The van der Waals surface area contributed by atoms with Crippen LogP contribution in [0.1, 0.15) is 31.2 Å². The van der Waals surface area contributed by atoms with Gasteiger partial charge in [-0.3, -0.25) is 0 Å². The van der Waals surface area contributed by atoms with Crippen LogP contribution in [0.25, 0.3) is 5.65 Å². The van der Waals surface area contributed by atoms with Gasteiger partial charge in [-0.25, -0.2) is 9.50 Å². The molecule has 0 N–H and O–H groups in total. The lowest BCUT2D eigenvalue weighted by molar-refractivity contribution is 0.00961. The lowest BCUT2D eigenvalue weighted by atomic mass is 10.1. The van der Waals surface area contributed by atoms with E-state index in [2.05, 4.69) is 10.1 Å². The van der Waals surface area contributed by atoms with E-state index in [1.165, 1.54) is 6.42 Å². The SMILES string of the molecule is COc1ccc2nc(C3CCCCO3)nn2c1. The molecule has 1 aliphatic heterocycles. The second kappa shape index (κ2) is 4.33. The summed E-state index contributed by atoms with van der Waals surface area (Å²) < 4.78 is 12.6. The molecular weight excluding hydrogens is 218 g/mol. The maximum absolute atomic E-state index is 5.68. The molecule has 3 rings (SSSR count). The number of aromatic nitrogens is 3. The van der Waals surface area contributed by atoms with E-state index in [9.17, 15) is 0 Å². The molecule has 0 aliphatic carbocycles. The quantitative estimate of drug-likeness (QED) is 0.795. The first-order valence-electron chi connectivity index (χ1n) is 5.89. The van der Waals surface area contributed by atoms with Gasteiger partial charge in [0.15, 0.2) is 11.5 Å². The first-order valence-corrected chi connectivity index (χ1v) is 5.89. The summed E-state index contributed by atoms with van der Waals surface area (Å²) >= 11 is 0. The molecule has 1 unspecified atom stereocenters.